The Bertz CT molecular complexity index is 825. The van der Waals surface area contributed by atoms with E-state index < -0.39 is 0 Å². The van der Waals surface area contributed by atoms with E-state index in [9.17, 15) is 4.79 Å². The zero-order valence-electron chi connectivity index (χ0n) is 10.7. The van der Waals surface area contributed by atoms with Crippen LogP contribution in [-0.4, -0.2) is 4.98 Å². The van der Waals surface area contributed by atoms with Crippen LogP contribution >= 0.6 is 11.6 Å². The molecule has 0 amide bonds. The zero-order chi connectivity index (χ0) is 14.1. The van der Waals surface area contributed by atoms with Crippen LogP contribution in [0.25, 0.3) is 10.9 Å². The smallest absolute Gasteiger partial charge is 0.195 e. The molecule has 0 radical (unpaired) electrons. The third kappa shape index (κ3) is 2.17. The molecule has 0 saturated carbocycles. The van der Waals surface area contributed by atoms with Crippen LogP contribution in [0.15, 0.2) is 53.3 Å². The van der Waals surface area contributed by atoms with Gasteiger partial charge in [-0.15, -0.1) is 0 Å². The molecule has 0 aliphatic rings. The number of aromatic amines is 1. The Morgan fingerprint density at radius 3 is 2.55 bits per heavy atom. The molecule has 4 heteroatoms. The highest BCUT2D eigenvalue weighted by Gasteiger charge is 2.12. The topological polar surface area (TPSA) is 58.9 Å². The molecular weight excluding hydrogens is 272 g/mol. The van der Waals surface area contributed by atoms with Gasteiger partial charge >= 0.3 is 0 Å². The number of para-hydroxylation sites is 1. The SMILES string of the molecule is Nc1[nH]c2c(Cl)cccc2c(=O)c1Cc1ccccc1. The number of aromatic nitrogens is 1. The largest absolute Gasteiger partial charge is 0.385 e. The molecule has 3 N–H and O–H groups in total. The fourth-order valence-corrected chi connectivity index (χ4v) is 2.53. The van der Waals surface area contributed by atoms with Crippen molar-refractivity contribution in [2.24, 2.45) is 0 Å². The normalized spacial score (nSPS) is 10.8. The maximum Gasteiger partial charge on any atom is 0.195 e. The Kier molecular flexibility index (Phi) is 3.20. The van der Waals surface area contributed by atoms with Gasteiger partial charge in [0.25, 0.3) is 0 Å². The summed E-state index contributed by atoms with van der Waals surface area (Å²) in [6.45, 7) is 0. The number of hydrogen-bond donors (Lipinski definition) is 2. The molecule has 0 atom stereocenters. The average molecular weight is 285 g/mol. The summed E-state index contributed by atoms with van der Waals surface area (Å²) >= 11 is 6.09. The van der Waals surface area contributed by atoms with E-state index in [0.717, 1.165) is 5.56 Å². The van der Waals surface area contributed by atoms with Gasteiger partial charge in [-0.25, -0.2) is 0 Å². The number of rotatable bonds is 2. The van der Waals surface area contributed by atoms with Crippen molar-refractivity contribution in [3.05, 3.63) is 74.9 Å². The first-order chi connectivity index (χ1) is 9.66. The van der Waals surface area contributed by atoms with E-state index in [-0.39, 0.29) is 5.43 Å². The minimum absolute atomic E-state index is 0.0670. The van der Waals surface area contributed by atoms with Gasteiger partial charge in [0.1, 0.15) is 5.82 Å². The highest BCUT2D eigenvalue weighted by atomic mass is 35.5. The molecule has 1 aromatic heterocycles. The maximum atomic E-state index is 12.5. The molecule has 1 heterocycles. The van der Waals surface area contributed by atoms with Crippen molar-refractivity contribution in [1.29, 1.82) is 0 Å². The molecule has 0 spiro atoms. The van der Waals surface area contributed by atoms with Crippen molar-refractivity contribution in [2.75, 3.05) is 5.73 Å². The molecule has 3 nitrogen and oxygen atoms in total. The Morgan fingerprint density at radius 1 is 1.05 bits per heavy atom. The highest BCUT2D eigenvalue weighted by molar-refractivity contribution is 6.35. The third-order valence-corrected chi connectivity index (χ3v) is 3.66. The minimum Gasteiger partial charge on any atom is -0.385 e. The van der Waals surface area contributed by atoms with Gasteiger partial charge in [0.05, 0.1) is 10.5 Å². The van der Waals surface area contributed by atoms with E-state index in [1.807, 2.05) is 30.3 Å². The fourth-order valence-electron chi connectivity index (χ4n) is 2.31. The summed E-state index contributed by atoms with van der Waals surface area (Å²) in [5.41, 5.74) is 8.14. The molecule has 0 fully saturated rings. The standard InChI is InChI=1S/C16H13ClN2O/c17-13-8-4-7-11-14(13)19-16(18)12(15(11)20)9-10-5-2-1-3-6-10/h1-8H,9H2,(H3,18,19,20). The third-order valence-electron chi connectivity index (χ3n) is 3.34. The predicted octanol–water partition coefficient (Wildman–Crippen LogP) is 3.35. The molecule has 0 aliphatic heterocycles. The van der Waals surface area contributed by atoms with Gasteiger partial charge in [-0.05, 0) is 17.7 Å². The zero-order valence-corrected chi connectivity index (χ0v) is 11.4. The summed E-state index contributed by atoms with van der Waals surface area (Å²) in [5, 5.41) is 1.06. The summed E-state index contributed by atoms with van der Waals surface area (Å²) in [6.07, 6.45) is 0.504. The highest BCUT2D eigenvalue weighted by Crippen LogP contribution is 2.22. The van der Waals surface area contributed by atoms with E-state index in [1.165, 1.54) is 0 Å². The van der Waals surface area contributed by atoms with Gasteiger partial charge in [-0.1, -0.05) is 48.0 Å². The van der Waals surface area contributed by atoms with Gasteiger partial charge in [0.2, 0.25) is 0 Å². The molecule has 0 aliphatic carbocycles. The van der Waals surface area contributed by atoms with Gasteiger partial charge < -0.3 is 10.7 Å². The van der Waals surface area contributed by atoms with Gasteiger partial charge in [0, 0.05) is 17.4 Å². The number of halogens is 1. The van der Waals surface area contributed by atoms with E-state index in [2.05, 4.69) is 4.98 Å². The molecule has 2 aromatic carbocycles. The minimum atomic E-state index is -0.0670. The number of anilines is 1. The van der Waals surface area contributed by atoms with Crippen LogP contribution in [0.2, 0.25) is 5.02 Å². The summed E-state index contributed by atoms with van der Waals surface area (Å²) in [5.74, 6) is 0.374. The Labute approximate surface area is 121 Å². The number of nitrogens with one attached hydrogen (secondary N) is 1. The van der Waals surface area contributed by atoms with Gasteiger partial charge in [-0.3, -0.25) is 4.79 Å². The number of nitrogens with two attached hydrogens (primary N) is 1. The lowest BCUT2D eigenvalue weighted by molar-refractivity contribution is 1.15. The van der Waals surface area contributed by atoms with Crippen LogP contribution in [0.3, 0.4) is 0 Å². The maximum absolute atomic E-state index is 12.5. The number of nitrogen functional groups attached to an aromatic ring is 1. The number of hydrogen-bond acceptors (Lipinski definition) is 2. The monoisotopic (exact) mass is 284 g/mol. The van der Waals surface area contributed by atoms with Crippen molar-refractivity contribution in [2.45, 2.75) is 6.42 Å². The molecule has 0 saturated heterocycles. The quantitative estimate of drug-likeness (QED) is 0.758. The summed E-state index contributed by atoms with van der Waals surface area (Å²) in [7, 11) is 0. The van der Waals surface area contributed by atoms with Crippen molar-refractivity contribution >= 4 is 28.3 Å². The molecule has 20 heavy (non-hydrogen) atoms. The fraction of sp³-hybridized carbons (Fsp3) is 0.0625. The first-order valence-corrected chi connectivity index (χ1v) is 6.67. The van der Waals surface area contributed by atoms with E-state index in [1.54, 1.807) is 18.2 Å². The molecular formula is C16H13ClN2O. The molecule has 3 rings (SSSR count). The summed E-state index contributed by atoms with van der Waals surface area (Å²) < 4.78 is 0. The Hall–Kier alpha value is -2.26. The van der Waals surface area contributed by atoms with Crippen molar-refractivity contribution in [3.63, 3.8) is 0 Å². The Morgan fingerprint density at radius 2 is 1.80 bits per heavy atom. The molecule has 3 aromatic rings. The molecule has 0 unspecified atom stereocenters. The molecule has 100 valence electrons. The second-order valence-corrected chi connectivity index (χ2v) is 5.08. The first-order valence-electron chi connectivity index (χ1n) is 6.29. The van der Waals surface area contributed by atoms with Crippen LogP contribution in [0.5, 0.6) is 0 Å². The van der Waals surface area contributed by atoms with Crippen molar-refractivity contribution < 1.29 is 0 Å². The lowest BCUT2D eigenvalue weighted by Gasteiger charge is -2.08. The van der Waals surface area contributed by atoms with Crippen LogP contribution in [0.1, 0.15) is 11.1 Å². The lowest BCUT2D eigenvalue weighted by Crippen LogP contribution is -2.15. The number of H-pyrrole nitrogens is 1. The summed E-state index contributed by atoms with van der Waals surface area (Å²) in [4.78, 5) is 15.6. The van der Waals surface area contributed by atoms with Crippen molar-refractivity contribution in [3.8, 4) is 0 Å². The van der Waals surface area contributed by atoms with Crippen LogP contribution in [-0.2, 0) is 6.42 Å². The van der Waals surface area contributed by atoms with E-state index in [4.69, 9.17) is 17.3 Å². The van der Waals surface area contributed by atoms with E-state index in [0.29, 0.717) is 33.7 Å². The van der Waals surface area contributed by atoms with Crippen molar-refractivity contribution in [1.82, 2.24) is 4.98 Å². The van der Waals surface area contributed by atoms with Crippen LogP contribution < -0.4 is 11.2 Å². The second-order valence-electron chi connectivity index (χ2n) is 4.67. The summed E-state index contributed by atoms with van der Waals surface area (Å²) in [6, 6.07) is 15.0. The van der Waals surface area contributed by atoms with Crippen LogP contribution in [0, 0.1) is 0 Å². The lowest BCUT2D eigenvalue weighted by atomic mass is 10.0. The number of benzene rings is 2. The van der Waals surface area contributed by atoms with E-state index >= 15 is 0 Å². The average Bonchev–Trinajstić information content (AvgIpc) is 2.46. The second kappa shape index (κ2) is 5.02. The van der Waals surface area contributed by atoms with Gasteiger partial charge in [0.15, 0.2) is 5.43 Å². The number of fused-ring (bicyclic) bond motifs is 1. The van der Waals surface area contributed by atoms with Gasteiger partial charge in [-0.2, -0.15) is 0 Å². The predicted molar refractivity (Wildman–Crippen MR) is 83.2 cm³/mol. The number of pyridine rings is 1. The Balaban J connectivity index is 2.20. The first kappa shape index (κ1) is 12.8. The molecule has 0 bridgehead atoms. The van der Waals surface area contributed by atoms with Crippen LogP contribution in [0.4, 0.5) is 5.82 Å².